The Bertz CT molecular complexity index is 739. The Kier molecular flexibility index (Phi) is 6.40. The zero-order valence-electron chi connectivity index (χ0n) is 12.8. The van der Waals surface area contributed by atoms with Crippen molar-refractivity contribution in [1.82, 2.24) is 15.6 Å². The number of ether oxygens (including phenoxy) is 1. The molecular weight excluding hydrogens is 353 g/mol. The molecule has 126 valence electrons. The number of hydrogen-bond acceptors (Lipinski definition) is 4. The first kappa shape index (κ1) is 18.0. The van der Waals surface area contributed by atoms with E-state index in [0.29, 0.717) is 5.69 Å². The van der Waals surface area contributed by atoms with Crippen LogP contribution >= 0.6 is 23.2 Å². The maximum Gasteiger partial charge on any atom is 0.269 e. The van der Waals surface area contributed by atoms with Gasteiger partial charge >= 0.3 is 0 Å². The number of aromatic nitrogens is 1. The smallest absolute Gasteiger partial charge is 0.269 e. The number of nitrogens with zero attached hydrogens (tertiary/aromatic N) is 1. The van der Waals surface area contributed by atoms with Gasteiger partial charge in [-0.05, 0) is 24.3 Å². The summed E-state index contributed by atoms with van der Waals surface area (Å²) in [6.45, 7) is 0.449. The summed E-state index contributed by atoms with van der Waals surface area (Å²) in [6, 6.07) is 8.11. The van der Waals surface area contributed by atoms with E-state index in [1.165, 1.54) is 19.4 Å². The van der Waals surface area contributed by atoms with Crippen LogP contribution in [0, 0.1) is 0 Å². The quantitative estimate of drug-likeness (QED) is 0.768. The Hall–Kier alpha value is -2.31. The summed E-state index contributed by atoms with van der Waals surface area (Å²) in [6.07, 6.45) is 1.53. The van der Waals surface area contributed by atoms with Crippen LogP contribution in [-0.2, 0) is 0 Å². The third-order valence-electron chi connectivity index (χ3n) is 3.08. The van der Waals surface area contributed by atoms with Crippen LogP contribution in [-0.4, -0.2) is 37.0 Å². The number of pyridine rings is 1. The number of nitrogens with one attached hydrogen (secondary N) is 2. The molecule has 0 spiro atoms. The Morgan fingerprint density at radius 1 is 1.04 bits per heavy atom. The largest absolute Gasteiger partial charge is 0.494 e. The molecule has 8 heteroatoms. The molecule has 1 aromatic heterocycles. The van der Waals surface area contributed by atoms with Gasteiger partial charge in [-0.15, -0.1) is 0 Å². The highest BCUT2D eigenvalue weighted by atomic mass is 35.5. The van der Waals surface area contributed by atoms with Crippen LogP contribution in [0.15, 0.2) is 36.5 Å². The lowest BCUT2D eigenvalue weighted by Crippen LogP contribution is -2.35. The summed E-state index contributed by atoms with van der Waals surface area (Å²) in [5.41, 5.74) is 0.464. The number of rotatable bonds is 6. The molecule has 2 N–H and O–H groups in total. The molecule has 0 fully saturated rings. The molecule has 2 amide bonds. The number of hydrogen-bond donors (Lipinski definition) is 2. The Balaban J connectivity index is 1.90. The van der Waals surface area contributed by atoms with E-state index in [9.17, 15) is 9.59 Å². The number of benzene rings is 1. The van der Waals surface area contributed by atoms with Gasteiger partial charge in [0.15, 0.2) is 5.75 Å². The lowest BCUT2D eigenvalue weighted by atomic mass is 10.2. The lowest BCUT2D eigenvalue weighted by molar-refractivity contribution is 0.0923. The van der Waals surface area contributed by atoms with E-state index >= 15 is 0 Å². The van der Waals surface area contributed by atoms with Gasteiger partial charge in [-0.25, -0.2) is 0 Å². The van der Waals surface area contributed by atoms with Gasteiger partial charge in [-0.1, -0.05) is 29.3 Å². The summed E-state index contributed by atoms with van der Waals surface area (Å²) in [5.74, 6) is -0.547. The number of amides is 2. The zero-order chi connectivity index (χ0) is 17.5. The standard InChI is InChI=1S/C16H15Cl2N3O3/c1-24-14-11(18)6-5-10(17)13(14)16(23)21-9-8-20-15(22)12-4-2-3-7-19-12/h2-7H,8-9H2,1H3,(H,20,22)(H,21,23). The zero-order valence-corrected chi connectivity index (χ0v) is 14.3. The molecule has 1 heterocycles. The Morgan fingerprint density at radius 3 is 2.33 bits per heavy atom. The first-order valence-corrected chi connectivity index (χ1v) is 7.79. The van der Waals surface area contributed by atoms with Gasteiger partial charge in [-0.2, -0.15) is 0 Å². The van der Waals surface area contributed by atoms with Gasteiger partial charge in [0.1, 0.15) is 11.3 Å². The number of carbonyl (C=O) groups is 2. The van der Waals surface area contributed by atoms with Crippen LogP contribution in [0.1, 0.15) is 20.8 Å². The van der Waals surface area contributed by atoms with E-state index in [2.05, 4.69) is 15.6 Å². The summed E-state index contributed by atoms with van der Waals surface area (Å²) in [5, 5.41) is 5.82. The molecule has 24 heavy (non-hydrogen) atoms. The second-order valence-electron chi connectivity index (χ2n) is 4.66. The van der Waals surface area contributed by atoms with E-state index in [1.54, 1.807) is 24.3 Å². The van der Waals surface area contributed by atoms with Crippen molar-refractivity contribution in [3.63, 3.8) is 0 Å². The third-order valence-corrected chi connectivity index (χ3v) is 3.70. The van der Waals surface area contributed by atoms with E-state index in [0.717, 1.165) is 0 Å². The van der Waals surface area contributed by atoms with Crippen molar-refractivity contribution in [3.05, 3.63) is 57.8 Å². The van der Waals surface area contributed by atoms with Gasteiger partial charge in [0.2, 0.25) is 0 Å². The highest BCUT2D eigenvalue weighted by molar-refractivity contribution is 6.37. The summed E-state index contributed by atoms with van der Waals surface area (Å²) in [7, 11) is 1.40. The Labute approximate surface area is 149 Å². The molecule has 0 saturated carbocycles. The lowest BCUT2D eigenvalue weighted by Gasteiger charge is -2.12. The summed E-state index contributed by atoms with van der Waals surface area (Å²) < 4.78 is 5.13. The predicted octanol–water partition coefficient (Wildman–Crippen LogP) is 2.56. The van der Waals surface area contributed by atoms with Crippen molar-refractivity contribution in [3.8, 4) is 5.75 Å². The van der Waals surface area contributed by atoms with Crippen molar-refractivity contribution in [2.75, 3.05) is 20.2 Å². The molecule has 0 radical (unpaired) electrons. The minimum Gasteiger partial charge on any atom is -0.494 e. The molecule has 0 unspecified atom stereocenters. The van der Waals surface area contributed by atoms with Crippen molar-refractivity contribution in [2.45, 2.75) is 0 Å². The SMILES string of the molecule is COc1c(Cl)ccc(Cl)c1C(=O)NCCNC(=O)c1ccccn1. The third kappa shape index (κ3) is 4.37. The van der Waals surface area contributed by atoms with E-state index in [4.69, 9.17) is 27.9 Å². The minimum atomic E-state index is -0.438. The van der Waals surface area contributed by atoms with Gasteiger partial charge in [0.05, 0.1) is 17.2 Å². The first-order chi connectivity index (χ1) is 11.5. The average molecular weight is 368 g/mol. The summed E-state index contributed by atoms with van der Waals surface area (Å²) in [4.78, 5) is 28.0. The van der Waals surface area contributed by atoms with Crippen LogP contribution in [0.4, 0.5) is 0 Å². The second kappa shape index (κ2) is 8.52. The second-order valence-corrected chi connectivity index (χ2v) is 5.48. The van der Waals surface area contributed by atoms with Crippen LogP contribution < -0.4 is 15.4 Å². The van der Waals surface area contributed by atoms with Gasteiger partial charge in [0, 0.05) is 19.3 Å². The normalized spacial score (nSPS) is 10.1. The fourth-order valence-corrected chi connectivity index (χ4v) is 2.44. The predicted molar refractivity (Wildman–Crippen MR) is 91.9 cm³/mol. The maximum absolute atomic E-state index is 12.3. The highest BCUT2D eigenvalue weighted by Gasteiger charge is 2.19. The van der Waals surface area contributed by atoms with Crippen molar-refractivity contribution >= 4 is 35.0 Å². The van der Waals surface area contributed by atoms with Crippen LogP contribution in [0.5, 0.6) is 5.75 Å². The van der Waals surface area contributed by atoms with Crippen molar-refractivity contribution < 1.29 is 14.3 Å². The highest BCUT2D eigenvalue weighted by Crippen LogP contribution is 2.33. The average Bonchev–Trinajstić information content (AvgIpc) is 2.60. The van der Waals surface area contributed by atoms with E-state index < -0.39 is 5.91 Å². The van der Waals surface area contributed by atoms with Gasteiger partial charge in [0.25, 0.3) is 11.8 Å². The maximum atomic E-state index is 12.3. The first-order valence-electron chi connectivity index (χ1n) is 7.04. The molecule has 0 atom stereocenters. The van der Waals surface area contributed by atoms with E-state index in [1.807, 2.05) is 0 Å². The fraction of sp³-hybridized carbons (Fsp3) is 0.188. The van der Waals surface area contributed by atoms with Crippen LogP contribution in [0.25, 0.3) is 0 Å². The monoisotopic (exact) mass is 367 g/mol. The molecular formula is C16H15Cl2N3O3. The topological polar surface area (TPSA) is 80.3 Å². The molecule has 0 aliphatic heterocycles. The summed E-state index contributed by atoms with van der Waals surface area (Å²) >= 11 is 12.0. The molecule has 2 aromatic rings. The van der Waals surface area contributed by atoms with E-state index in [-0.39, 0.29) is 40.4 Å². The number of methoxy groups -OCH3 is 1. The molecule has 0 aliphatic carbocycles. The van der Waals surface area contributed by atoms with Gasteiger partial charge in [-0.3, -0.25) is 14.6 Å². The van der Waals surface area contributed by atoms with Crippen molar-refractivity contribution in [2.24, 2.45) is 0 Å². The van der Waals surface area contributed by atoms with Gasteiger partial charge < -0.3 is 15.4 Å². The molecule has 0 aliphatic rings. The van der Waals surface area contributed by atoms with Crippen LogP contribution in [0.2, 0.25) is 10.0 Å². The molecule has 0 saturated heterocycles. The minimum absolute atomic E-state index is 0.155. The molecule has 0 bridgehead atoms. The number of halogens is 2. The van der Waals surface area contributed by atoms with Crippen LogP contribution in [0.3, 0.4) is 0 Å². The molecule has 1 aromatic carbocycles. The number of carbonyl (C=O) groups excluding carboxylic acids is 2. The Morgan fingerprint density at radius 2 is 1.71 bits per heavy atom. The fourth-order valence-electron chi connectivity index (χ4n) is 1.97. The molecule has 2 rings (SSSR count). The molecule has 6 nitrogen and oxygen atoms in total. The van der Waals surface area contributed by atoms with Crippen molar-refractivity contribution in [1.29, 1.82) is 0 Å².